The number of rotatable bonds is 6. The number of hydrogen-bond acceptors (Lipinski definition) is 8. The van der Waals surface area contributed by atoms with Gasteiger partial charge in [-0.25, -0.2) is 13.6 Å². The molecule has 2 aromatic carbocycles. The van der Waals surface area contributed by atoms with Crippen LogP contribution in [-0.2, 0) is 29.1 Å². The van der Waals surface area contributed by atoms with Crippen molar-refractivity contribution >= 4 is 39.1 Å². The molecule has 1 fully saturated rings. The minimum atomic E-state index is -4.00. The molecule has 2 aromatic rings. The zero-order valence-corrected chi connectivity index (χ0v) is 16.9. The second-order valence-corrected chi connectivity index (χ2v) is 8.17. The van der Waals surface area contributed by atoms with Gasteiger partial charge in [-0.15, -0.1) is 0 Å². The molecular weight excluding hydrogens is 430 g/mol. The third-order valence-corrected chi connectivity index (χ3v) is 5.64. The summed E-state index contributed by atoms with van der Waals surface area (Å²) in [5.74, 6) is -4.56. The van der Waals surface area contributed by atoms with Crippen molar-refractivity contribution in [3.63, 3.8) is 0 Å². The Morgan fingerprint density at radius 1 is 1.19 bits per heavy atom. The molecule has 1 saturated heterocycles. The van der Waals surface area contributed by atoms with Gasteiger partial charge in [0.15, 0.2) is 0 Å². The molecule has 2 N–H and O–H groups in total. The maximum absolute atomic E-state index is 12.8. The largest absolute Gasteiger partial charge is 0.465 e. The lowest BCUT2D eigenvalue weighted by molar-refractivity contribution is -0.384. The number of Topliss-reactive ketones (excluding diaryl/α,β-unsaturated/α-hetero) is 1. The van der Waals surface area contributed by atoms with E-state index in [0.29, 0.717) is 0 Å². The molecular formula is C19H17N3O8S. The number of carbonyl (C=O) groups is 3. The summed E-state index contributed by atoms with van der Waals surface area (Å²) >= 11 is 0. The topological polar surface area (TPSA) is 167 Å². The van der Waals surface area contributed by atoms with Gasteiger partial charge in [-0.3, -0.25) is 29.4 Å². The third-order valence-electron chi connectivity index (χ3n) is 4.71. The summed E-state index contributed by atoms with van der Waals surface area (Å²) < 4.78 is 28.0. The molecule has 0 unspecified atom stereocenters. The van der Waals surface area contributed by atoms with Gasteiger partial charge in [0, 0.05) is 17.8 Å². The van der Waals surface area contributed by atoms with Crippen LogP contribution in [0.2, 0.25) is 0 Å². The van der Waals surface area contributed by atoms with Gasteiger partial charge in [-0.1, -0.05) is 12.1 Å². The van der Waals surface area contributed by atoms with Crippen LogP contribution in [-0.4, -0.2) is 37.6 Å². The number of amides is 1. The molecule has 11 nitrogen and oxygen atoms in total. The highest BCUT2D eigenvalue weighted by atomic mass is 32.2. The molecule has 162 valence electrons. The number of carbonyl (C=O) groups excluding carboxylic acids is 3. The number of esters is 1. The molecule has 0 radical (unpaired) electrons. The first-order valence-electron chi connectivity index (χ1n) is 8.97. The van der Waals surface area contributed by atoms with Crippen LogP contribution in [0.4, 0.5) is 11.4 Å². The van der Waals surface area contributed by atoms with Crippen LogP contribution in [0.1, 0.15) is 18.5 Å². The summed E-state index contributed by atoms with van der Waals surface area (Å²) in [6.07, 6.45) is 0. The number of nitro groups is 1. The number of ether oxygens (including phenoxy) is 1. The Hall–Kier alpha value is -3.64. The first-order chi connectivity index (χ1) is 14.6. The smallest absolute Gasteiger partial charge is 0.319 e. The molecule has 1 aliphatic heterocycles. The lowest BCUT2D eigenvalue weighted by atomic mass is 9.92. The molecule has 0 aromatic heterocycles. The van der Waals surface area contributed by atoms with Crippen molar-refractivity contribution in [3.05, 3.63) is 64.2 Å². The van der Waals surface area contributed by atoms with Crippen LogP contribution >= 0.6 is 0 Å². The molecule has 1 amide bonds. The van der Waals surface area contributed by atoms with Crippen molar-refractivity contribution in [1.29, 1.82) is 0 Å². The second-order valence-electron chi connectivity index (χ2n) is 6.60. The summed E-state index contributed by atoms with van der Waals surface area (Å²) in [7, 11) is -4.00. The Labute approximate surface area is 176 Å². The highest BCUT2D eigenvalue weighted by molar-refractivity contribution is 7.89. The van der Waals surface area contributed by atoms with Gasteiger partial charge in [0.25, 0.3) is 11.6 Å². The van der Waals surface area contributed by atoms with E-state index < -0.39 is 44.6 Å². The normalized spacial score (nSPS) is 18.8. The van der Waals surface area contributed by atoms with Crippen LogP contribution in [0.25, 0.3) is 0 Å². The number of nitrogens with two attached hydrogens (primary N) is 1. The van der Waals surface area contributed by atoms with E-state index in [-0.39, 0.29) is 28.4 Å². The van der Waals surface area contributed by atoms with Crippen molar-refractivity contribution in [1.82, 2.24) is 0 Å². The second kappa shape index (κ2) is 8.24. The quantitative estimate of drug-likeness (QED) is 0.226. The van der Waals surface area contributed by atoms with Gasteiger partial charge in [-0.2, -0.15) is 0 Å². The van der Waals surface area contributed by atoms with Gasteiger partial charge >= 0.3 is 5.97 Å². The van der Waals surface area contributed by atoms with Gasteiger partial charge in [0.2, 0.25) is 15.8 Å². The van der Waals surface area contributed by atoms with Crippen LogP contribution in [0.5, 0.6) is 0 Å². The number of hydrogen-bond donors (Lipinski definition) is 1. The average molecular weight is 447 g/mol. The van der Waals surface area contributed by atoms with Crippen LogP contribution in [0.3, 0.4) is 0 Å². The first kappa shape index (κ1) is 22.1. The molecule has 0 spiro atoms. The molecule has 1 heterocycles. The number of sulfonamides is 1. The monoisotopic (exact) mass is 447 g/mol. The van der Waals surface area contributed by atoms with Gasteiger partial charge in [0.1, 0.15) is 5.92 Å². The molecule has 12 heteroatoms. The lowest BCUT2D eigenvalue weighted by Gasteiger charge is -2.27. The predicted octanol–water partition coefficient (Wildman–Crippen LogP) is 1.08. The van der Waals surface area contributed by atoms with Gasteiger partial charge < -0.3 is 4.74 Å². The van der Waals surface area contributed by atoms with E-state index in [9.17, 15) is 32.9 Å². The van der Waals surface area contributed by atoms with Crippen molar-refractivity contribution in [2.45, 2.75) is 17.9 Å². The van der Waals surface area contributed by atoms with Crippen LogP contribution in [0.15, 0.2) is 53.4 Å². The van der Waals surface area contributed by atoms with Crippen molar-refractivity contribution in [2.75, 3.05) is 11.5 Å². The average Bonchev–Trinajstić information content (AvgIpc) is 2.98. The molecule has 3 rings (SSSR count). The maximum atomic E-state index is 12.8. The Morgan fingerprint density at radius 3 is 2.39 bits per heavy atom. The van der Waals surface area contributed by atoms with E-state index in [1.165, 1.54) is 37.3 Å². The molecule has 0 bridgehead atoms. The van der Waals surface area contributed by atoms with E-state index in [1.807, 2.05) is 0 Å². The highest BCUT2D eigenvalue weighted by Gasteiger charge is 2.53. The molecule has 0 saturated carbocycles. The summed E-state index contributed by atoms with van der Waals surface area (Å²) in [6, 6.07) is 8.77. The number of nitrogens with zero attached hydrogens (tertiary/aromatic N) is 2. The fraction of sp³-hybridized carbons (Fsp3) is 0.211. The first-order valence-corrected chi connectivity index (χ1v) is 10.5. The number of primary sulfonamides is 1. The van der Waals surface area contributed by atoms with Gasteiger partial charge in [-0.05, 0) is 36.8 Å². The maximum Gasteiger partial charge on any atom is 0.319 e. The minimum absolute atomic E-state index is 0.0402. The van der Waals surface area contributed by atoms with Crippen molar-refractivity contribution in [2.24, 2.45) is 11.1 Å². The zero-order valence-electron chi connectivity index (χ0n) is 16.1. The summed E-state index contributed by atoms with van der Waals surface area (Å²) in [6.45, 7) is 1.49. The standard InChI is InChI=1S/C19H17N3O8S/c1-2-30-19(25)15-16(11-4-3-5-13(10-11)22(26)27)21(18(24)17(15)23)12-6-8-14(9-7-12)31(20,28)29/h3-10,15-16H,2H2,1H3,(H2,20,28,29)/t15-,16+/m0/s1. The zero-order chi connectivity index (χ0) is 22.9. The number of benzene rings is 2. The van der Waals surface area contributed by atoms with E-state index in [1.54, 1.807) is 0 Å². The van der Waals surface area contributed by atoms with E-state index in [4.69, 9.17) is 9.88 Å². The predicted molar refractivity (Wildman–Crippen MR) is 106 cm³/mol. The fourth-order valence-electron chi connectivity index (χ4n) is 3.38. The fourth-order valence-corrected chi connectivity index (χ4v) is 3.89. The Bertz CT molecular complexity index is 1180. The molecule has 31 heavy (non-hydrogen) atoms. The number of ketones is 1. The third kappa shape index (κ3) is 4.15. The number of nitro benzene ring substituents is 1. The SMILES string of the molecule is CCOC(=O)[C@@H]1C(=O)C(=O)N(c2ccc(S(N)(=O)=O)cc2)[C@@H]1c1cccc([N+](=O)[O-])c1. The summed E-state index contributed by atoms with van der Waals surface area (Å²) in [5.41, 5.74) is -0.0209. The van der Waals surface area contributed by atoms with E-state index in [2.05, 4.69) is 0 Å². The minimum Gasteiger partial charge on any atom is -0.465 e. The summed E-state index contributed by atoms with van der Waals surface area (Å²) in [4.78, 5) is 49.3. The van der Waals surface area contributed by atoms with Crippen LogP contribution < -0.4 is 10.0 Å². The summed E-state index contributed by atoms with van der Waals surface area (Å²) in [5, 5.41) is 16.3. The van der Waals surface area contributed by atoms with Crippen LogP contribution in [0, 0.1) is 16.0 Å². The Kier molecular flexibility index (Phi) is 5.86. The van der Waals surface area contributed by atoms with Gasteiger partial charge in [0.05, 0.1) is 22.5 Å². The highest BCUT2D eigenvalue weighted by Crippen LogP contribution is 2.41. The number of non-ortho nitro benzene ring substituents is 1. The Balaban J connectivity index is 2.16. The Morgan fingerprint density at radius 2 is 1.84 bits per heavy atom. The molecule has 1 aliphatic rings. The van der Waals surface area contributed by atoms with E-state index >= 15 is 0 Å². The number of anilines is 1. The van der Waals surface area contributed by atoms with Crippen molar-refractivity contribution in [3.8, 4) is 0 Å². The van der Waals surface area contributed by atoms with Crippen molar-refractivity contribution < 1.29 is 32.5 Å². The molecule has 2 atom stereocenters. The van der Waals surface area contributed by atoms with E-state index in [0.717, 1.165) is 23.1 Å². The molecule has 0 aliphatic carbocycles. The lowest BCUT2D eigenvalue weighted by Crippen LogP contribution is -2.31.